The van der Waals surface area contributed by atoms with Gasteiger partial charge in [0.15, 0.2) is 0 Å². The fraction of sp³-hybridized carbons (Fsp3) is 0.333. The number of hydrogen-bond acceptors (Lipinski definition) is 3. The molecule has 0 radical (unpaired) electrons. The molecule has 1 atom stereocenters. The lowest BCUT2D eigenvalue weighted by molar-refractivity contribution is -0.122. The first-order chi connectivity index (χ1) is 13.5. The van der Waals surface area contributed by atoms with Crippen LogP contribution in [0.3, 0.4) is 0 Å². The lowest BCUT2D eigenvalue weighted by Crippen LogP contribution is -2.55. The fourth-order valence-corrected chi connectivity index (χ4v) is 3.31. The van der Waals surface area contributed by atoms with Crippen molar-refractivity contribution in [1.29, 1.82) is 0 Å². The first kappa shape index (κ1) is 20.0. The van der Waals surface area contributed by atoms with Crippen molar-refractivity contribution < 1.29 is 9.59 Å². The number of benzene rings is 2. The van der Waals surface area contributed by atoms with Crippen LogP contribution in [0.1, 0.15) is 12.5 Å². The highest BCUT2D eigenvalue weighted by Gasteiger charge is 2.24. The van der Waals surface area contributed by atoms with Crippen LogP contribution in [0.15, 0.2) is 54.6 Å². The van der Waals surface area contributed by atoms with Crippen molar-refractivity contribution in [2.24, 2.45) is 0 Å². The summed E-state index contributed by atoms with van der Waals surface area (Å²) < 4.78 is 0. The molecule has 2 aromatic rings. The highest BCUT2D eigenvalue weighted by Crippen LogP contribution is 2.20. The Kier molecular flexibility index (Phi) is 6.76. The molecule has 28 heavy (non-hydrogen) atoms. The summed E-state index contributed by atoms with van der Waals surface area (Å²) in [4.78, 5) is 28.7. The van der Waals surface area contributed by atoms with Crippen molar-refractivity contribution in [2.45, 2.75) is 19.5 Å². The Morgan fingerprint density at radius 1 is 1.04 bits per heavy atom. The predicted octanol–water partition coefficient (Wildman–Crippen LogP) is 2.88. The third-order valence-corrected chi connectivity index (χ3v) is 5.02. The molecule has 6 nitrogen and oxygen atoms in total. The molecule has 1 aliphatic heterocycles. The van der Waals surface area contributed by atoms with Gasteiger partial charge in [0, 0.05) is 43.4 Å². The second-order valence-corrected chi connectivity index (χ2v) is 7.26. The van der Waals surface area contributed by atoms with E-state index in [1.54, 1.807) is 11.8 Å². The van der Waals surface area contributed by atoms with Crippen molar-refractivity contribution in [3.05, 3.63) is 65.2 Å². The average Bonchev–Trinajstić information content (AvgIpc) is 2.72. The summed E-state index contributed by atoms with van der Waals surface area (Å²) in [6.45, 7) is 4.77. The van der Waals surface area contributed by atoms with Gasteiger partial charge in [-0.15, -0.1) is 0 Å². The molecule has 0 aliphatic carbocycles. The highest BCUT2D eigenvalue weighted by molar-refractivity contribution is 6.30. The topological polar surface area (TPSA) is 64.7 Å². The van der Waals surface area contributed by atoms with Crippen LogP contribution in [0.5, 0.6) is 0 Å². The van der Waals surface area contributed by atoms with E-state index in [0.29, 0.717) is 24.7 Å². The molecular formula is C21H25ClN4O2. The van der Waals surface area contributed by atoms with E-state index in [1.165, 1.54) is 0 Å². The number of carbonyl (C=O) groups is 2. The van der Waals surface area contributed by atoms with E-state index in [2.05, 4.69) is 15.5 Å². The molecule has 0 spiro atoms. The Bertz CT molecular complexity index is 807. The molecule has 3 amide bonds. The van der Waals surface area contributed by atoms with Gasteiger partial charge in [-0.05, 0) is 30.7 Å². The highest BCUT2D eigenvalue weighted by atomic mass is 35.5. The van der Waals surface area contributed by atoms with Gasteiger partial charge in [-0.25, -0.2) is 4.79 Å². The van der Waals surface area contributed by atoms with Gasteiger partial charge < -0.3 is 20.4 Å². The molecule has 1 saturated heterocycles. The molecule has 3 rings (SSSR count). The molecule has 2 aromatic carbocycles. The van der Waals surface area contributed by atoms with E-state index in [4.69, 9.17) is 11.6 Å². The summed E-state index contributed by atoms with van der Waals surface area (Å²) in [5, 5.41) is 6.33. The number of piperazine rings is 1. The van der Waals surface area contributed by atoms with E-state index in [-0.39, 0.29) is 11.9 Å². The summed E-state index contributed by atoms with van der Waals surface area (Å²) in [5.41, 5.74) is 2.08. The average molecular weight is 401 g/mol. The zero-order valence-electron chi connectivity index (χ0n) is 15.9. The second-order valence-electron chi connectivity index (χ2n) is 6.83. The number of nitrogens with one attached hydrogen (secondary N) is 2. The van der Waals surface area contributed by atoms with Gasteiger partial charge in [0.25, 0.3) is 0 Å². The summed E-state index contributed by atoms with van der Waals surface area (Å²) in [6.07, 6.45) is 0. The van der Waals surface area contributed by atoms with Crippen molar-refractivity contribution in [3.63, 3.8) is 0 Å². The number of halogens is 1. The van der Waals surface area contributed by atoms with Crippen LogP contribution in [0.2, 0.25) is 5.02 Å². The lowest BCUT2D eigenvalue weighted by Gasteiger charge is -2.36. The van der Waals surface area contributed by atoms with E-state index >= 15 is 0 Å². The molecular weight excluding hydrogens is 376 g/mol. The van der Waals surface area contributed by atoms with Gasteiger partial charge in [-0.2, -0.15) is 0 Å². The van der Waals surface area contributed by atoms with Gasteiger partial charge in [0.05, 0.1) is 0 Å². The number of anilines is 1. The third kappa shape index (κ3) is 5.39. The largest absolute Gasteiger partial charge is 0.368 e. The van der Waals surface area contributed by atoms with Crippen molar-refractivity contribution in [3.8, 4) is 0 Å². The van der Waals surface area contributed by atoms with Gasteiger partial charge in [0.1, 0.15) is 6.04 Å². The Hall–Kier alpha value is -2.73. The van der Waals surface area contributed by atoms with Crippen molar-refractivity contribution >= 4 is 29.2 Å². The monoisotopic (exact) mass is 400 g/mol. The maximum Gasteiger partial charge on any atom is 0.318 e. The Labute approximate surface area is 170 Å². The molecule has 0 unspecified atom stereocenters. The van der Waals surface area contributed by atoms with Gasteiger partial charge in [-0.3, -0.25) is 4.79 Å². The number of amides is 3. The van der Waals surface area contributed by atoms with E-state index < -0.39 is 6.04 Å². The van der Waals surface area contributed by atoms with E-state index in [9.17, 15) is 9.59 Å². The van der Waals surface area contributed by atoms with Gasteiger partial charge in [-0.1, -0.05) is 48.0 Å². The number of rotatable bonds is 5. The van der Waals surface area contributed by atoms with Crippen LogP contribution in [-0.2, 0) is 11.3 Å². The third-order valence-electron chi connectivity index (χ3n) is 4.78. The quantitative estimate of drug-likeness (QED) is 0.811. The number of carbonyl (C=O) groups excluding carboxylic acids is 2. The summed E-state index contributed by atoms with van der Waals surface area (Å²) in [7, 11) is 0. The zero-order chi connectivity index (χ0) is 19.9. The molecule has 0 saturated carbocycles. The minimum absolute atomic E-state index is 0.199. The van der Waals surface area contributed by atoms with Crippen molar-refractivity contribution in [2.75, 3.05) is 31.1 Å². The van der Waals surface area contributed by atoms with E-state index in [1.807, 2.05) is 54.6 Å². The summed E-state index contributed by atoms with van der Waals surface area (Å²) in [5.74, 6) is -0.199. The first-order valence-corrected chi connectivity index (χ1v) is 9.78. The zero-order valence-corrected chi connectivity index (χ0v) is 16.7. The van der Waals surface area contributed by atoms with Gasteiger partial charge in [0.2, 0.25) is 5.91 Å². The lowest BCUT2D eigenvalue weighted by atomic mass is 10.2. The van der Waals surface area contributed by atoms with Crippen LogP contribution >= 0.6 is 11.6 Å². The molecule has 1 heterocycles. The summed E-state index contributed by atoms with van der Waals surface area (Å²) >= 11 is 6.06. The maximum absolute atomic E-state index is 12.5. The smallest absolute Gasteiger partial charge is 0.318 e. The number of nitrogens with zero attached hydrogens (tertiary/aromatic N) is 2. The summed E-state index contributed by atoms with van der Waals surface area (Å²) in [6, 6.07) is 16.6. The molecule has 0 bridgehead atoms. The maximum atomic E-state index is 12.5. The van der Waals surface area contributed by atoms with Crippen LogP contribution in [0.4, 0.5) is 10.5 Å². The fourth-order valence-electron chi connectivity index (χ4n) is 3.12. The minimum atomic E-state index is -0.595. The standard InChI is InChI=1S/C21H25ClN4O2/c1-16(20(27)23-15-17-6-3-2-4-7-17)24-21(28)26-12-10-25(11-13-26)19-9-5-8-18(22)14-19/h2-9,14,16H,10-13,15H2,1H3,(H,23,27)(H,24,28)/t16-/m0/s1. The van der Waals surface area contributed by atoms with Crippen LogP contribution in [0, 0.1) is 0 Å². The minimum Gasteiger partial charge on any atom is -0.368 e. The Morgan fingerprint density at radius 2 is 1.75 bits per heavy atom. The van der Waals surface area contributed by atoms with Crippen LogP contribution < -0.4 is 15.5 Å². The molecule has 1 aliphatic rings. The SMILES string of the molecule is C[C@H](NC(=O)N1CCN(c2cccc(Cl)c2)CC1)C(=O)NCc1ccccc1. The second kappa shape index (κ2) is 9.46. The molecule has 1 fully saturated rings. The van der Waals surface area contributed by atoms with Crippen LogP contribution in [0.25, 0.3) is 0 Å². The molecule has 7 heteroatoms. The van der Waals surface area contributed by atoms with Crippen LogP contribution in [-0.4, -0.2) is 49.1 Å². The predicted molar refractivity (Wildman–Crippen MR) is 112 cm³/mol. The van der Waals surface area contributed by atoms with E-state index in [0.717, 1.165) is 24.3 Å². The normalized spacial score (nSPS) is 15.1. The number of urea groups is 1. The first-order valence-electron chi connectivity index (χ1n) is 9.40. The molecule has 0 aromatic heterocycles. The Morgan fingerprint density at radius 3 is 2.43 bits per heavy atom. The number of hydrogen-bond donors (Lipinski definition) is 2. The molecule has 2 N–H and O–H groups in total. The molecule has 148 valence electrons. The Balaban J connectivity index is 1.44. The van der Waals surface area contributed by atoms with Gasteiger partial charge >= 0.3 is 6.03 Å². The van der Waals surface area contributed by atoms with Crippen molar-refractivity contribution in [1.82, 2.24) is 15.5 Å².